The smallest absolute Gasteiger partial charge is 0.307 e. The monoisotopic (exact) mass is 218 g/mol. The lowest BCUT2D eigenvalue weighted by Gasteiger charge is -1.99. The Labute approximate surface area is 93.5 Å². The summed E-state index contributed by atoms with van der Waals surface area (Å²) < 4.78 is 1.88. The lowest BCUT2D eigenvalue weighted by atomic mass is 10.2. The van der Waals surface area contributed by atoms with Crippen molar-refractivity contribution >= 4 is 11.6 Å². The van der Waals surface area contributed by atoms with E-state index in [2.05, 4.69) is 18.8 Å². The van der Waals surface area contributed by atoms with Crippen molar-refractivity contribution in [3.8, 4) is 0 Å². The van der Waals surface area contributed by atoms with Gasteiger partial charge in [-0.05, 0) is 12.0 Å². The van der Waals surface area contributed by atoms with Gasteiger partial charge in [0, 0.05) is 18.0 Å². The van der Waals surface area contributed by atoms with E-state index < -0.39 is 5.97 Å². The number of nitrogens with zero attached hydrogens (tertiary/aromatic N) is 2. The number of rotatable bonds is 3. The summed E-state index contributed by atoms with van der Waals surface area (Å²) in [6, 6.07) is 3.65. The van der Waals surface area contributed by atoms with Gasteiger partial charge in [0.05, 0.1) is 12.1 Å². The van der Waals surface area contributed by atoms with Crippen LogP contribution in [0.2, 0.25) is 0 Å². The SMILES string of the molecule is CC(C)c1cn2cccc(CC(=O)O)c2n1. The molecule has 0 aromatic carbocycles. The number of carbonyl (C=O) groups is 1. The van der Waals surface area contributed by atoms with Crippen molar-refractivity contribution in [2.75, 3.05) is 0 Å². The molecule has 0 spiro atoms. The maximum absolute atomic E-state index is 10.7. The number of hydrogen-bond acceptors (Lipinski definition) is 2. The topological polar surface area (TPSA) is 54.6 Å². The third-order valence-electron chi connectivity index (χ3n) is 2.52. The van der Waals surface area contributed by atoms with Crippen LogP contribution in [0.1, 0.15) is 31.0 Å². The van der Waals surface area contributed by atoms with Gasteiger partial charge >= 0.3 is 5.97 Å². The van der Waals surface area contributed by atoms with Gasteiger partial charge in [0.25, 0.3) is 0 Å². The molecule has 2 aromatic rings. The molecule has 2 aromatic heterocycles. The van der Waals surface area contributed by atoms with Gasteiger partial charge < -0.3 is 9.51 Å². The fourth-order valence-electron chi connectivity index (χ4n) is 1.67. The molecule has 0 aliphatic heterocycles. The molecule has 0 atom stereocenters. The molecule has 0 aliphatic rings. The van der Waals surface area contributed by atoms with Crippen molar-refractivity contribution in [3.63, 3.8) is 0 Å². The first-order valence-corrected chi connectivity index (χ1v) is 5.26. The van der Waals surface area contributed by atoms with Crippen LogP contribution in [0.4, 0.5) is 0 Å². The van der Waals surface area contributed by atoms with Crippen molar-refractivity contribution in [2.45, 2.75) is 26.2 Å². The van der Waals surface area contributed by atoms with Crippen LogP contribution in [0, 0.1) is 0 Å². The fourth-order valence-corrected chi connectivity index (χ4v) is 1.67. The van der Waals surface area contributed by atoms with Gasteiger partial charge in [-0.3, -0.25) is 4.79 Å². The molecule has 0 saturated carbocycles. The fraction of sp³-hybridized carbons (Fsp3) is 0.333. The Bertz CT molecular complexity index is 529. The molecule has 4 nitrogen and oxygen atoms in total. The van der Waals surface area contributed by atoms with E-state index in [4.69, 9.17) is 5.11 Å². The Balaban J connectivity index is 2.54. The van der Waals surface area contributed by atoms with Crippen LogP contribution in [0.25, 0.3) is 5.65 Å². The van der Waals surface area contributed by atoms with E-state index >= 15 is 0 Å². The number of carboxylic acid groups (broad SMARTS) is 1. The average Bonchev–Trinajstić information content (AvgIpc) is 2.61. The average molecular weight is 218 g/mol. The first-order valence-electron chi connectivity index (χ1n) is 5.26. The molecule has 1 N–H and O–H groups in total. The van der Waals surface area contributed by atoms with Crippen molar-refractivity contribution < 1.29 is 9.90 Å². The zero-order valence-electron chi connectivity index (χ0n) is 9.34. The molecule has 16 heavy (non-hydrogen) atoms. The summed E-state index contributed by atoms with van der Waals surface area (Å²) in [6.07, 6.45) is 3.85. The number of aliphatic carboxylic acids is 1. The van der Waals surface area contributed by atoms with Crippen molar-refractivity contribution in [2.24, 2.45) is 0 Å². The van der Waals surface area contributed by atoms with Crippen molar-refractivity contribution in [3.05, 3.63) is 35.8 Å². The van der Waals surface area contributed by atoms with E-state index in [0.29, 0.717) is 5.92 Å². The second kappa shape index (κ2) is 3.96. The van der Waals surface area contributed by atoms with E-state index in [1.807, 2.05) is 22.9 Å². The molecule has 0 aliphatic carbocycles. The lowest BCUT2D eigenvalue weighted by molar-refractivity contribution is -0.136. The predicted molar refractivity (Wildman–Crippen MR) is 60.6 cm³/mol. The summed E-state index contributed by atoms with van der Waals surface area (Å²) in [5, 5.41) is 8.81. The molecule has 2 rings (SSSR count). The van der Waals surface area contributed by atoms with Gasteiger partial charge in [0.15, 0.2) is 0 Å². The van der Waals surface area contributed by atoms with Crippen LogP contribution in [0.5, 0.6) is 0 Å². The highest BCUT2D eigenvalue weighted by atomic mass is 16.4. The van der Waals surface area contributed by atoms with E-state index in [9.17, 15) is 4.79 Å². The van der Waals surface area contributed by atoms with Crippen LogP contribution in [0.3, 0.4) is 0 Å². The van der Waals surface area contributed by atoms with E-state index in [-0.39, 0.29) is 6.42 Å². The summed E-state index contributed by atoms with van der Waals surface area (Å²) in [6.45, 7) is 4.14. The first kappa shape index (κ1) is 10.7. The molecule has 2 heterocycles. The highest BCUT2D eigenvalue weighted by Crippen LogP contribution is 2.17. The first-order chi connectivity index (χ1) is 7.58. The van der Waals surface area contributed by atoms with Gasteiger partial charge in [0.2, 0.25) is 0 Å². The normalized spacial score (nSPS) is 11.2. The largest absolute Gasteiger partial charge is 0.481 e. The van der Waals surface area contributed by atoms with Gasteiger partial charge in [-0.25, -0.2) is 4.98 Å². The number of hydrogen-bond donors (Lipinski definition) is 1. The lowest BCUT2D eigenvalue weighted by Crippen LogP contribution is -2.02. The zero-order chi connectivity index (χ0) is 11.7. The highest BCUT2D eigenvalue weighted by Gasteiger charge is 2.10. The third kappa shape index (κ3) is 1.91. The second-order valence-corrected chi connectivity index (χ2v) is 4.16. The molecule has 0 saturated heterocycles. The van der Waals surface area contributed by atoms with Gasteiger partial charge in [-0.15, -0.1) is 0 Å². The van der Waals surface area contributed by atoms with E-state index in [1.54, 1.807) is 6.07 Å². The standard InChI is InChI=1S/C12H14N2O2/c1-8(2)10-7-14-5-3-4-9(6-11(15)16)12(14)13-10/h3-5,7-8H,6H2,1-2H3,(H,15,16). The Morgan fingerprint density at radius 3 is 2.94 bits per heavy atom. The quantitative estimate of drug-likeness (QED) is 0.858. The van der Waals surface area contributed by atoms with Gasteiger partial charge in [-0.2, -0.15) is 0 Å². The number of pyridine rings is 1. The predicted octanol–water partition coefficient (Wildman–Crippen LogP) is 2.08. The van der Waals surface area contributed by atoms with Crippen LogP contribution < -0.4 is 0 Å². The molecular formula is C12H14N2O2. The molecule has 0 bridgehead atoms. The molecule has 0 unspecified atom stereocenters. The maximum Gasteiger partial charge on any atom is 0.307 e. The molecule has 4 heteroatoms. The molecule has 0 amide bonds. The highest BCUT2D eigenvalue weighted by molar-refractivity contribution is 5.73. The van der Waals surface area contributed by atoms with Crippen molar-refractivity contribution in [1.82, 2.24) is 9.38 Å². The molecule has 0 radical (unpaired) electrons. The van der Waals surface area contributed by atoms with E-state index in [1.165, 1.54) is 0 Å². The Morgan fingerprint density at radius 2 is 2.31 bits per heavy atom. The van der Waals surface area contributed by atoms with Crippen LogP contribution >= 0.6 is 0 Å². The Morgan fingerprint density at radius 1 is 1.56 bits per heavy atom. The van der Waals surface area contributed by atoms with E-state index in [0.717, 1.165) is 16.9 Å². The minimum Gasteiger partial charge on any atom is -0.481 e. The number of fused-ring (bicyclic) bond motifs is 1. The summed E-state index contributed by atoms with van der Waals surface area (Å²) in [5.74, 6) is -0.486. The van der Waals surface area contributed by atoms with Crippen molar-refractivity contribution in [1.29, 1.82) is 0 Å². The summed E-state index contributed by atoms with van der Waals surface area (Å²) in [7, 11) is 0. The van der Waals surface area contributed by atoms with Crippen LogP contribution in [0.15, 0.2) is 24.5 Å². The Hall–Kier alpha value is -1.84. The molecule has 0 fully saturated rings. The minimum absolute atomic E-state index is 0.0128. The number of carboxylic acids is 1. The number of imidazole rings is 1. The van der Waals surface area contributed by atoms with Crippen LogP contribution in [-0.2, 0) is 11.2 Å². The van der Waals surface area contributed by atoms with Gasteiger partial charge in [-0.1, -0.05) is 19.9 Å². The summed E-state index contributed by atoms with van der Waals surface area (Å²) in [4.78, 5) is 15.2. The third-order valence-corrected chi connectivity index (χ3v) is 2.52. The second-order valence-electron chi connectivity index (χ2n) is 4.16. The van der Waals surface area contributed by atoms with Gasteiger partial charge in [0.1, 0.15) is 5.65 Å². The van der Waals surface area contributed by atoms with Crippen LogP contribution in [-0.4, -0.2) is 20.5 Å². The summed E-state index contributed by atoms with van der Waals surface area (Å²) in [5.41, 5.74) is 2.48. The number of aromatic nitrogens is 2. The molecule has 84 valence electrons. The molecular weight excluding hydrogens is 204 g/mol. The Kier molecular flexibility index (Phi) is 2.64. The minimum atomic E-state index is -0.831. The zero-order valence-corrected chi connectivity index (χ0v) is 9.34. The summed E-state index contributed by atoms with van der Waals surface area (Å²) >= 11 is 0. The maximum atomic E-state index is 10.7.